The van der Waals surface area contributed by atoms with Gasteiger partial charge >= 0.3 is 12.8 Å². The number of rotatable bonds is 4. The number of aryl methyl sites for hydroxylation is 1. The number of oxime groups is 1. The summed E-state index contributed by atoms with van der Waals surface area (Å²) in [5, 5.41) is 5.90. The second-order valence-electron chi connectivity index (χ2n) is 5.00. The molecule has 1 aromatic rings. The maximum atomic E-state index is 13.0. The molecule has 0 saturated heterocycles. The van der Waals surface area contributed by atoms with Crippen LogP contribution >= 0.6 is 0 Å². The Morgan fingerprint density at radius 1 is 1.42 bits per heavy atom. The Balaban J connectivity index is 2.47. The molecule has 136 valence electrons. The maximum Gasteiger partial charge on any atom is 0.435 e. The largest absolute Gasteiger partial charge is 0.435 e. The maximum absolute atomic E-state index is 13.0. The summed E-state index contributed by atoms with van der Waals surface area (Å²) in [5.41, 5.74) is -2.62. The molecule has 0 radical (unpaired) electrons. The van der Waals surface area contributed by atoms with Gasteiger partial charge < -0.3 is 9.57 Å². The topological polar surface area (TPSA) is 82.8 Å². The highest BCUT2D eigenvalue weighted by Gasteiger charge is 2.42. The van der Waals surface area contributed by atoms with E-state index in [1.54, 1.807) is 0 Å². The fourth-order valence-corrected chi connectivity index (χ4v) is 3.52. The minimum Gasteiger partial charge on any atom is -0.417 e. The first kappa shape index (κ1) is 18.4. The Labute approximate surface area is 132 Å². The zero-order valence-corrected chi connectivity index (χ0v) is 13.2. The number of alkyl halides is 5. The molecule has 2 heterocycles. The smallest absolute Gasteiger partial charge is 0.417 e. The molecule has 1 atom stereocenters. The van der Waals surface area contributed by atoms with E-state index in [0.29, 0.717) is 4.68 Å². The van der Waals surface area contributed by atoms with Gasteiger partial charge in [-0.15, -0.1) is 0 Å². The van der Waals surface area contributed by atoms with Crippen LogP contribution in [0, 0.1) is 0 Å². The molecule has 1 aliphatic heterocycles. The van der Waals surface area contributed by atoms with Crippen molar-refractivity contribution in [1.82, 2.24) is 9.78 Å². The second kappa shape index (κ2) is 6.18. The van der Waals surface area contributed by atoms with E-state index in [4.69, 9.17) is 4.84 Å². The molecule has 0 aromatic carbocycles. The van der Waals surface area contributed by atoms with Crippen molar-refractivity contribution < 1.29 is 39.9 Å². The normalized spacial score (nSPS) is 18.7. The summed E-state index contributed by atoms with van der Waals surface area (Å²) in [6.45, 7) is -1.93. The lowest BCUT2D eigenvalue weighted by atomic mass is 10.2. The molecule has 2 rings (SSSR count). The molecule has 7 nitrogen and oxygen atoms in total. The van der Waals surface area contributed by atoms with Crippen molar-refractivity contribution in [3.63, 3.8) is 0 Å². The molecule has 0 N–H and O–H groups in total. The van der Waals surface area contributed by atoms with Crippen molar-refractivity contribution in [3.8, 4) is 5.88 Å². The van der Waals surface area contributed by atoms with Gasteiger partial charge in [0.25, 0.3) is 0 Å². The zero-order chi connectivity index (χ0) is 18.3. The van der Waals surface area contributed by atoms with Gasteiger partial charge in [-0.05, 0) is 6.92 Å². The lowest BCUT2D eigenvalue weighted by Gasteiger charge is -2.10. The minimum absolute atomic E-state index is 0.130. The first-order chi connectivity index (χ1) is 10.9. The van der Waals surface area contributed by atoms with E-state index in [1.165, 1.54) is 6.92 Å². The third-order valence-electron chi connectivity index (χ3n) is 3.05. The van der Waals surface area contributed by atoms with Gasteiger partial charge in [0, 0.05) is 13.5 Å². The van der Waals surface area contributed by atoms with Crippen molar-refractivity contribution in [1.29, 1.82) is 0 Å². The van der Waals surface area contributed by atoms with Crippen LogP contribution in [0.15, 0.2) is 5.16 Å². The molecule has 0 fully saturated rings. The van der Waals surface area contributed by atoms with Crippen LogP contribution in [0.2, 0.25) is 0 Å². The van der Waals surface area contributed by atoms with Crippen LogP contribution in [0.4, 0.5) is 22.0 Å². The Morgan fingerprint density at radius 2 is 2.04 bits per heavy atom. The average molecular weight is 377 g/mol. The number of halogens is 5. The Bertz CT molecular complexity index is 756. The van der Waals surface area contributed by atoms with E-state index in [1.807, 2.05) is 0 Å². The number of nitrogens with zero attached hydrogens (tertiary/aromatic N) is 3. The van der Waals surface area contributed by atoms with E-state index in [2.05, 4.69) is 15.0 Å². The van der Waals surface area contributed by atoms with Crippen LogP contribution in [0.3, 0.4) is 0 Å². The lowest BCUT2D eigenvalue weighted by molar-refractivity contribution is -0.142. The SMILES string of the molecule is CC1CC(S(=O)(=O)Cc2c(C(F)(F)F)nn(C)c2OC(F)F)=NO1. The van der Waals surface area contributed by atoms with E-state index in [0.717, 1.165) is 7.05 Å². The van der Waals surface area contributed by atoms with Gasteiger partial charge in [0.2, 0.25) is 5.88 Å². The van der Waals surface area contributed by atoms with Gasteiger partial charge in [0.15, 0.2) is 20.6 Å². The number of aromatic nitrogens is 2. The van der Waals surface area contributed by atoms with Crippen LogP contribution in [0.5, 0.6) is 5.88 Å². The van der Waals surface area contributed by atoms with Gasteiger partial charge in [-0.25, -0.2) is 13.1 Å². The van der Waals surface area contributed by atoms with Crippen molar-refractivity contribution in [2.45, 2.75) is 38.0 Å². The molecule has 0 bridgehead atoms. The molecule has 24 heavy (non-hydrogen) atoms. The Morgan fingerprint density at radius 3 is 2.50 bits per heavy atom. The average Bonchev–Trinajstić information content (AvgIpc) is 2.96. The van der Waals surface area contributed by atoms with E-state index in [9.17, 15) is 30.4 Å². The van der Waals surface area contributed by atoms with Gasteiger partial charge in [-0.3, -0.25) is 0 Å². The van der Waals surface area contributed by atoms with E-state index < -0.39 is 56.7 Å². The van der Waals surface area contributed by atoms with Crippen LogP contribution in [0.25, 0.3) is 0 Å². The predicted octanol–water partition coefficient (Wildman–Crippen LogP) is 2.08. The lowest BCUT2D eigenvalue weighted by Crippen LogP contribution is -2.20. The monoisotopic (exact) mass is 377 g/mol. The van der Waals surface area contributed by atoms with E-state index >= 15 is 0 Å². The van der Waals surface area contributed by atoms with Gasteiger partial charge in [-0.1, -0.05) is 5.16 Å². The van der Waals surface area contributed by atoms with Crippen LogP contribution in [-0.2, 0) is 33.7 Å². The van der Waals surface area contributed by atoms with Crippen molar-refractivity contribution in [2.75, 3.05) is 0 Å². The zero-order valence-electron chi connectivity index (χ0n) is 12.3. The first-order valence-electron chi connectivity index (χ1n) is 6.45. The minimum atomic E-state index is -5.05. The molecular formula is C11H12F5N3O4S. The van der Waals surface area contributed by atoms with Crippen LogP contribution in [-0.4, -0.2) is 36.0 Å². The number of hydrogen-bond donors (Lipinski definition) is 0. The highest BCUT2D eigenvalue weighted by Crippen LogP contribution is 2.37. The van der Waals surface area contributed by atoms with E-state index in [-0.39, 0.29) is 6.42 Å². The van der Waals surface area contributed by atoms with Crippen LogP contribution in [0.1, 0.15) is 24.6 Å². The third-order valence-corrected chi connectivity index (χ3v) is 4.67. The fraction of sp³-hybridized carbons (Fsp3) is 0.636. The molecule has 0 amide bonds. The summed E-state index contributed by atoms with van der Waals surface area (Å²) >= 11 is 0. The van der Waals surface area contributed by atoms with Gasteiger partial charge in [-0.2, -0.15) is 27.1 Å². The summed E-state index contributed by atoms with van der Waals surface area (Å²) in [4.78, 5) is 4.70. The summed E-state index contributed by atoms with van der Waals surface area (Å²) in [7, 11) is -3.40. The predicted molar refractivity (Wildman–Crippen MR) is 70.1 cm³/mol. The highest BCUT2D eigenvalue weighted by molar-refractivity contribution is 8.05. The van der Waals surface area contributed by atoms with Crippen molar-refractivity contribution >= 4 is 14.9 Å². The summed E-state index contributed by atoms with van der Waals surface area (Å²) in [6, 6.07) is 0. The number of sulfone groups is 1. The van der Waals surface area contributed by atoms with Gasteiger partial charge in [0.05, 0.1) is 11.3 Å². The van der Waals surface area contributed by atoms with Crippen molar-refractivity contribution in [3.05, 3.63) is 11.3 Å². The first-order valence-corrected chi connectivity index (χ1v) is 8.10. The third kappa shape index (κ3) is 3.76. The molecule has 1 aliphatic rings. The molecular weight excluding hydrogens is 365 g/mol. The number of ether oxygens (including phenoxy) is 1. The Kier molecular flexibility index (Phi) is 4.74. The van der Waals surface area contributed by atoms with Gasteiger partial charge in [0.1, 0.15) is 6.10 Å². The Hall–Kier alpha value is -1.92. The molecule has 0 saturated carbocycles. The summed E-state index contributed by atoms with van der Waals surface area (Å²) < 4.78 is 92.8. The molecule has 1 unspecified atom stereocenters. The molecule has 13 heteroatoms. The molecule has 1 aromatic heterocycles. The quantitative estimate of drug-likeness (QED) is 0.751. The summed E-state index contributed by atoms with van der Waals surface area (Å²) in [6.07, 6.45) is -5.73. The number of hydrogen-bond acceptors (Lipinski definition) is 6. The summed E-state index contributed by atoms with van der Waals surface area (Å²) in [5.74, 6) is -2.22. The fourth-order valence-electron chi connectivity index (χ4n) is 2.07. The highest BCUT2D eigenvalue weighted by atomic mass is 32.2. The molecule has 0 aliphatic carbocycles. The standard InChI is InChI=1S/C11H12F5N3O4S/c1-5-3-7(18-23-5)24(20,21)4-6-8(11(14,15)16)17-19(2)9(6)22-10(12)13/h5,10H,3-4H2,1-2H3. The molecule has 0 spiro atoms. The second-order valence-corrected chi connectivity index (χ2v) is 6.99. The van der Waals surface area contributed by atoms with Crippen molar-refractivity contribution in [2.24, 2.45) is 12.2 Å². The van der Waals surface area contributed by atoms with Crippen LogP contribution < -0.4 is 4.74 Å².